The summed E-state index contributed by atoms with van der Waals surface area (Å²) in [6.07, 6.45) is 8.29. The Morgan fingerprint density at radius 1 is 0.885 bits per heavy atom. The normalized spacial score (nSPS) is 15.2. The van der Waals surface area contributed by atoms with Crippen LogP contribution in [-0.4, -0.2) is 18.5 Å². The summed E-state index contributed by atoms with van der Waals surface area (Å²) in [7, 11) is 0. The van der Waals surface area contributed by atoms with Gasteiger partial charge >= 0.3 is 0 Å². The van der Waals surface area contributed by atoms with Gasteiger partial charge in [-0.15, -0.1) is 0 Å². The molecule has 3 rings (SSSR count). The van der Waals surface area contributed by atoms with Crippen LogP contribution in [0.15, 0.2) is 54.6 Å². The predicted molar refractivity (Wildman–Crippen MR) is 106 cm³/mol. The molecule has 138 valence electrons. The van der Waals surface area contributed by atoms with Gasteiger partial charge in [-0.2, -0.15) is 0 Å². The molecule has 1 aliphatic carbocycles. The number of benzene rings is 2. The number of para-hydroxylation sites is 1. The van der Waals surface area contributed by atoms with Crippen LogP contribution in [-0.2, 0) is 4.79 Å². The highest BCUT2D eigenvalue weighted by molar-refractivity contribution is 5.90. The van der Waals surface area contributed by atoms with Crippen molar-refractivity contribution in [3.63, 3.8) is 0 Å². The smallest absolute Gasteiger partial charge is 0.225 e. The molecule has 4 nitrogen and oxygen atoms in total. The van der Waals surface area contributed by atoms with E-state index in [1.165, 1.54) is 38.5 Å². The standard InChI is InChI=1S/C22H28N2O2/c25-22(16-17-23-18-8-4-1-2-5-9-18)24-19-12-14-21(15-13-19)26-20-10-6-3-7-11-20/h3,6-7,10-15,18,23H,1-2,4-5,8-9,16-17H2,(H,24,25). The average molecular weight is 352 g/mol. The zero-order chi connectivity index (χ0) is 18.0. The third-order valence-corrected chi connectivity index (χ3v) is 4.76. The van der Waals surface area contributed by atoms with Gasteiger partial charge in [0.25, 0.3) is 0 Å². The van der Waals surface area contributed by atoms with Crippen molar-refractivity contribution in [2.24, 2.45) is 0 Å². The lowest BCUT2D eigenvalue weighted by atomic mass is 10.1. The first-order chi connectivity index (χ1) is 12.8. The summed E-state index contributed by atoms with van der Waals surface area (Å²) in [5, 5.41) is 6.48. The molecule has 0 aromatic heterocycles. The largest absolute Gasteiger partial charge is 0.457 e. The topological polar surface area (TPSA) is 50.4 Å². The van der Waals surface area contributed by atoms with Crippen LogP contribution in [0.4, 0.5) is 5.69 Å². The minimum atomic E-state index is 0.0443. The first kappa shape index (κ1) is 18.5. The summed E-state index contributed by atoms with van der Waals surface area (Å²) in [5.41, 5.74) is 0.796. The minimum Gasteiger partial charge on any atom is -0.457 e. The lowest BCUT2D eigenvalue weighted by Crippen LogP contribution is -2.31. The molecule has 0 atom stereocenters. The van der Waals surface area contributed by atoms with Gasteiger partial charge in [-0.25, -0.2) is 0 Å². The Labute approximate surface area is 156 Å². The lowest BCUT2D eigenvalue weighted by Gasteiger charge is -2.15. The van der Waals surface area contributed by atoms with Crippen LogP contribution in [0.5, 0.6) is 11.5 Å². The van der Waals surface area contributed by atoms with E-state index in [4.69, 9.17) is 4.74 Å². The maximum atomic E-state index is 12.1. The third-order valence-electron chi connectivity index (χ3n) is 4.76. The van der Waals surface area contributed by atoms with Crippen molar-refractivity contribution < 1.29 is 9.53 Å². The van der Waals surface area contributed by atoms with E-state index in [9.17, 15) is 4.79 Å². The average Bonchev–Trinajstić information content (AvgIpc) is 2.93. The van der Waals surface area contributed by atoms with Crippen LogP contribution in [0, 0.1) is 0 Å². The molecule has 0 spiro atoms. The van der Waals surface area contributed by atoms with Crippen LogP contribution >= 0.6 is 0 Å². The fourth-order valence-corrected chi connectivity index (χ4v) is 3.33. The number of carbonyl (C=O) groups is 1. The number of amides is 1. The van der Waals surface area contributed by atoms with E-state index in [0.717, 1.165) is 23.7 Å². The SMILES string of the molecule is O=C(CCNC1CCCCCC1)Nc1ccc(Oc2ccccc2)cc1. The molecule has 26 heavy (non-hydrogen) atoms. The second kappa shape index (κ2) is 9.97. The predicted octanol–water partition coefficient (Wildman–Crippen LogP) is 5.12. The quantitative estimate of drug-likeness (QED) is 0.680. The molecule has 1 aliphatic rings. The molecule has 0 radical (unpaired) electrons. The molecular formula is C22H28N2O2. The Hall–Kier alpha value is -2.33. The van der Waals surface area contributed by atoms with Gasteiger partial charge in [0.15, 0.2) is 0 Å². The molecule has 2 aromatic rings. The summed E-state index contributed by atoms with van der Waals surface area (Å²) < 4.78 is 5.76. The molecule has 0 saturated heterocycles. The highest BCUT2D eigenvalue weighted by atomic mass is 16.5. The van der Waals surface area contributed by atoms with E-state index in [2.05, 4.69) is 10.6 Å². The van der Waals surface area contributed by atoms with E-state index >= 15 is 0 Å². The monoisotopic (exact) mass is 352 g/mol. The Bertz CT molecular complexity index is 662. The van der Waals surface area contributed by atoms with Gasteiger partial charge in [-0.1, -0.05) is 43.9 Å². The summed E-state index contributed by atoms with van der Waals surface area (Å²) in [6, 6.07) is 17.7. The van der Waals surface area contributed by atoms with Crippen LogP contribution in [0.3, 0.4) is 0 Å². The van der Waals surface area contributed by atoms with Crippen LogP contribution in [0.1, 0.15) is 44.9 Å². The van der Waals surface area contributed by atoms with E-state index in [1.807, 2.05) is 54.6 Å². The van der Waals surface area contributed by atoms with Crippen molar-refractivity contribution in [3.8, 4) is 11.5 Å². The van der Waals surface area contributed by atoms with Gasteiger partial charge in [0.05, 0.1) is 0 Å². The number of hydrogen-bond acceptors (Lipinski definition) is 3. The summed E-state index contributed by atoms with van der Waals surface area (Å²) in [6.45, 7) is 0.742. The highest BCUT2D eigenvalue weighted by Crippen LogP contribution is 2.22. The fraction of sp³-hybridized carbons (Fsp3) is 0.409. The third kappa shape index (κ3) is 6.19. The highest BCUT2D eigenvalue weighted by Gasteiger charge is 2.12. The first-order valence-corrected chi connectivity index (χ1v) is 9.66. The van der Waals surface area contributed by atoms with Crippen molar-refractivity contribution >= 4 is 11.6 Å². The molecule has 1 fully saturated rings. The lowest BCUT2D eigenvalue weighted by molar-refractivity contribution is -0.116. The molecular weight excluding hydrogens is 324 g/mol. The molecule has 0 aliphatic heterocycles. The van der Waals surface area contributed by atoms with Crippen molar-refractivity contribution in [2.75, 3.05) is 11.9 Å². The number of rotatable bonds is 7. The van der Waals surface area contributed by atoms with Crippen LogP contribution < -0.4 is 15.4 Å². The number of hydrogen-bond donors (Lipinski definition) is 2. The summed E-state index contributed by atoms with van der Waals surface area (Å²) in [5.74, 6) is 1.60. The zero-order valence-electron chi connectivity index (χ0n) is 15.2. The summed E-state index contributed by atoms with van der Waals surface area (Å²) in [4.78, 5) is 12.1. The number of carbonyl (C=O) groups excluding carboxylic acids is 1. The van der Waals surface area contributed by atoms with E-state index in [1.54, 1.807) is 0 Å². The summed E-state index contributed by atoms with van der Waals surface area (Å²) >= 11 is 0. The van der Waals surface area contributed by atoms with E-state index < -0.39 is 0 Å². The number of nitrogens with one attached hydrogen (secondary N) is 2. The maximum absolute atomic E-state index is 12.1. The van der Waals surface area contributed by atoms with Crippen molar-refractivity contribution in [2.45, 2.75) is 51.0 Å². The Morgan fingerprint density at radius 3 is 2.23 bits per heavy atom. The molecule has 2 aromatic carbocycles. The Balaban J connectivity index is 1.39. The van der Waals surface area contributed by atoms with Gasteiger partial charge in [0.2, 0.25) is 5.91 Å². The molecule has 1 amide bonds. The number of anilines is 1. The minimum absolute atomic E-state index is 0.0443. The Kier molecular flexibility index (Phi) is 7.08. The van der Waals surface area contributed by atoms with E-state index in [-0.39, 0.29) is 5.91 Å². The van der Waals surface area contributed by atoms with Crippen molar-refractivity contribution in [3.05, 3.63) is 54.6 Å². The zero-order valence-corrected chi connectivity index (χ0v) is 15.2. The molecule has 0 bridgehead atoms. The van der Waals surface area contributed by atoms with Gasteiger partial charge in [0, 0.05) is 24.7 Å². The van der Waals surface area contributed by atoms with Crippen molar-refractivity contribution in [1.82, 2.24) is 5.32 Å². The van der Waals surface area contributed by atoms with Crippen molar-refractivity contribution in [1.29, 1.82) is 0 Å². The molecule has 0 unspecified atom stereocenters. The molecule has 4 heteroatoms. The van der Waals surface area contributed by atoms with Gasteiger partial charge in [-0.3, -0.25) is 4.79 Å². The number of ether oxygens (including phenoxy) is 1. The second-order valence-electron chi connectivity index (χ2n) is 6.88. The van der Waals surface area contributed by atoms with Gasteiger partial charge in [-0.05, 0) is 49.2 Å². The fourth-order valence-electron chi connectivity index (χ4n) is 3.33. The molecule has 2 N–H and O–H groups in total. The van der Waals surface area contributed by atoms with E-state index in [0.29, 0.717) is 12.5 Å². The first-order valence-electron chi connectivity index (χ1n) is 9.66. The van der Waals surface area contributed by atoms with Crippen LogP contribution in [0.2, 0.25) is 0 Å². The van der Waals surface area contributed by atoms with Crippen LogP contribution in [0.25, 0.3) is 0 Å². The van der Waals surface area contributed by atoms with Gasteiger partial charge in [0.1, 0.15) is 11.5 Å². The molecule has 0 heterocycles. The second-order valence-corrected chi connectivity index (χ2v) is 6.88. The Morgan fingerprint density at radius 2 is 1.54 bits per heavy atom. The van der Waals surface area contributed by atoms with Gasteiger partial charge < -0.3 is 15.4 Å². The maximum Gasteiger partial charge on any atom is 0.225 e. The molecule has 1 saturated carbocycles.